The zero-order valence-corrected chi connectivity index (χ0v) is 12.2. The third-order valence-corrected chi connectivity index (χ3v) is 3.97. The van der Waals surface area contributed by atoms with Crippen LogP contribution in [0.1, 0.15) is 16.7 Å². The SMILES string of the molecule is Cc1ccc(CC(C)Nc2ccc([N+](=O)[O-])cc2N)s1. The third kappa shape index (κ3) is 3.48. The van der Waals surface area contributed by atoms with Gasteiger partial charge in [-0.15, -0.1) is 11.3 Å². The predicted octanol–water partition coefficient (Wildman–Crippen LogP) is 3.59. The van der Waals surface area contributed by atoms with Crippen LogP contribution in [0.25, 0.3) is 0 Å². The van der Waals surface area contributed by atoms with Crippen LogP contribution in [0.5, 0.6) is 0 Å². The molecule has 3 N–H and O–H groups in total. The Morgan fingerprint density at radius 2 is 2.15 bits per heavy atom. The van der Waals surface area contributed by atoms with Crippen LogP contribution >= 0.6 is 11.3 Å². The Balaban J connectivity index is 2.04. The molecule has 0 saturated heterocycles. The van der Waals surface area contributed by atoms with Crippen molar-refractivity contribution >= 4 is 28.4 Å². The van der Waals surface area contributed by atoms with Gasteiger partial charge in [-0.25, -0.2) is 0 Å². The number of hydrogen-bond donors (Lipinski definition) is 2. The zero-order chi connectivity index (χ0) is 14.7. The minimum atomic E-state index is -0.446. The number of nitro groups is 1. The average Bonchev–Trinajstić information content (AvgIpc) is 2.77. The van der Waals surface area contributed by atoms with Crippen LogP contribution < -0.4 is 11.1 Å². The minimum absolute atomic E-state index is 0.00887. The van der Waals surface area contributed by atoms with Crippen LogP contribution in [0.15, 0.2) is 30.3 Å². The van der Waals surface area contributed by atoms with Crippen molar-refractivity contribution in [2.45, 2.75) is 26.3 Å². The fourth-order valence-corrected chi connectivity index (χ4v) is 3.03. The van der Waals surface area contributed by atoms with Gasteiger partial charge in [0.25, 0.3) is 5.69 Å². The maximum absolute atomic E-state index is 10.7. The maximum Gasteiger partial charge on any atom is 0.271 e. The number of rotatable bonds is 5. The molecule has 20 heavy (non-hydrogen) atoms. The van der Waals surface area contributed by atoms with Crippen molar-refractivity contribution in [3.63, 3.8) is 0 Å². The first-order valence-electron chi connectivity index (χ1n) is 6.31. The van der Waals surface area contributed by atoms with E-state index in [1.807, 2.05) is 0 Å². The van der Waals surface area contributed by atoms with Gasteiger partial charge in [0, 0.05) is 34.3 Å². The molecule has 0 aliphatic heterocycles. The van der Waals surface area contributed by atoms with E-state index < -0.39 is 4.92 Å². The Bertz CT molecular complexity index is 625. The number of nitrogens with zero attached hydrogens (tertiary/aromatic N) is 1. The molecule has 0 saturated carbocycles. The molecule has 0 spiro atoms. The normalized spacial score (nSPS) is 12.1. The fourth-order valence-electron chi connectivity index (χ4n) is 2.01. The number of aryl methyl sites for hydroxylation is 1. The summed E-state index contributed by atoms with van der Waals surface area (Å²) in [5, 5.41) is 14.0. The van der Waals surface area contributed by atoms with Crippen LogP contribution in [0.4, 0.5) is 17.1 Å². The molecule has 0 fully saturated rings. The Labute approximate surface area is 121 Å². The lowest BCUT2D eigenvalue weighted by Gasteiger charge is -2.16. The molecule has 1 atom stereocenters. The van der Waals surface area contributed by atoms with E-state index in [0.717, 1.165) is 12.1 Å². The van der Waals surface area contributed by atoms with Crippen molar-refractivity contribution in [3.05, 3.63) is 50.2 Å². The predicted molar refractivity (Wildman–Crippen MR) is 83.4 cm³/mol. The maximum atomic E-state index is 10.7. The molecular formula is C14H17N3O2S. The Kier molecular flexibility index (Phi) is 4.24. The minimum Gasteiger partial charge on any atom is -0.397 e. The van der Waals surface area contributed by atoms with Crippen LogP contribution in [-0.2, 0) is 6.42 Å². The molecule has 6 heteroatoms. The van der Waals surface area contributed by atoms with E-state index in [0.29, 0.717) is 5.69 Å². The first kappa shape index (κ1) is 14.3. The topological polar surface area (TPSA) is 81.2 Å². The van der Waals surface area contributed by atoms with E-state index >= 15 is 0 Å². The summed E-state index contributed by atoms with van der Waals surface area (Å²) in [4.78, 5) is 12.8. The molecule has 0 bridgehead atoms. The molecule has 0 amide bonds. The molecule has 1 aromatic heterocycles. The number of non-ortho nitro benzene ring substituents is 1. The number of nitro benzene ring substituents is 1. The quantitative estimate of drug-likeness (QED) is 0.501. The van der Waals surface area contributed by atoms with Crippen molar-refractivity contribution < 1.29 is 4.92 Å². The van der Waals surface area contributed by atoms with E-state index in [-0.39, 0.29) is 11.7 Å². The lowest BCUT2D eigenvalue weighted by molar-refractivity contribution is -0.384. The van der Waals surface area contributed by atoms with Gasteiger partial charge in [-0.05, 0) is 32.0 Å². The first-order valence-corrected chi connectivity index (χ1v) is 7.13. The van der Waals surface area contributed by atoms with Gasteiger partial charge in [0.1, 0.15) is 0 Å². The highest BCUT2D eigenvalue weighted by Gasteiger charge is 2.11. The van der Waals surface area contributed by atoms with Gasteiger partial charge in [0.05, 0.1) is 16.3 Å². The second kappa shape index (κ2) is 5.92. The Hall–Kier alpha value is -2.08. The zero-order valence-electron chi connectivity index (χ0n) is 11.4. The summed E-state index contributed by atoms with van der Waals surface area (Å²) in [6.45, 7) is 4.15. The van der Waals surface area contributed by atoms with Crippen LogP contribution in [0.2, 0.25) is 0 Å². The monoisotopic (exact) mass is 291 g/mol. The molecule has 0 aliphatic carbocycles. The molecule has 2 rings (SSSR count). The highest BCUT2D eigenvalue weighted by molar-refractivity contribution is 7.11. The van der Waals surface area contributed by atoms with Gasteiger partial charge in [0.2, 0.25) is 0 Å². The Morgan fingerprint density at radius 3 is 2.70 bits per heavy atom. The molecule has 0 radical (unpaired) electrons. The molecule has 2 aromatic rings. The first-order chi connectivity index (χ1) is 9.45. The number of nitrogens with two attached hydrogens (primary N) is 1. The summed E-state index contributed by atoms with van der Waals surface area (Å²) in [6, 6.07) is 8.93. The van der Waals surface area contributed by atoms with E-state index in [1.165, 1.54) is 21.9 Å². The van der Waals surface area contributed by atoms with Crippen molar-refractivity contribution in [1.29, 1.82) is 0 Å². The molecule has 1 heterocycles. The van der Waals surface area contributed by atoms with Crippen molar-refractivity contribution in [3.8, 4) is 0 Å². The summed E-state index contributed by atoms with van der Waals surface area (Å²) in [7, 11) is 0. The number of nitrogens with one attached hydrogen (secondary N) is 1. The van der Waals surface area contributed by atoms with Crippen LogP contribution in [0, 0.1) is 17.0 Å². The Morgan fingerprint density at radius 1 is 1.40 bits per heavy atom. The molecule has 106 valence electrons. The van der Waals surface area contributed by atoms with Gasteiger partial charge in [-0.2, -0.15) is 0 Å². The third-order valence-electron chi connectivity index (χ3n) is 2.95. The van der Waals surface area contributed by atoms with Gasteiger partial charge < -0.3 is 11.1 Å². The van der Waals surface area contributed by atoms with Gasteiger partial charge >= 0.3 is 0 Å². The van der Waals surface area contributed by atoms with Gasteiger partial charge in [-0.3, -0.25) is 10.1 Å². The van der Waals surface area contributed by atoms with E-state index in [4.69, 9.17) is 5.73 Å². The van der Waals surface area contributed by atoms with Gasteiger partial charge in [-0.1, -0.05) is 0 Å². The van der Waals surface area contributed by atoms with Crippen LogP contribution in [-0.4, -0.2) is 11.0 Å². The standard InChI is InChI=1S/C14H17N3O2S/c1-9(7-12-5-3-10(2)20-12)16-14-6-4-11(17(18)19)8-13(14)15/h3-6,8-9,16H,7,15H2,1-2H3. The number of nitrogen functional groups attached to an aromatic ring is 1. The molecular weight excluding hydrogens is 274 g/mol. The van der Waals surface area contributed by atoms with E-state index in [9.17, 15) is 10.1 Å². The van der Waals surface area contributed by atoms with Crippen molar-refractivity contribution in [2.75, 3.05) is 11.1 Å². The lowest BCUT2D eigenvalue weighted by atomic mass is 10.1. The van der Waals surface area contributed by atoms with Crippen molar-refractivity contribution in [2.24, 2.45) is 0 Å². The van der Waals surface area contributed by atoms with Gasteiger partial charge in [0.15, 0.2) is 0 Å². The molecule has 1 aromatic carbocycles. The number of benzene rings is 1. The molecule has 0 aliphatic rings. The number of anilines is 2. The van der Waals surface area contributed by atoms with Crippen LogP contribution in [0.3, 0.4) is 0 Å². The smallest absolute Gasteiger partial charge is 0.271 e. The van der Waals surface area contributed by atoms with Crippen molar-refractivity contribution in [1.82, 2.24) is 0 Å². The summed E-state index contributed by atoms with van der Waals surface area (Å²) in [6.07, 6.45) is 0.898. The summed E-state index contributed by atoms with van der Waals surface area (Å²) in [5.41, 5.74) is 6.98. The second-order valence-corrected chi connectivity index (χ2v) is 6.16. The number of hydrogen-bond acceptors (Lipinski definition) is 5. The second-order valence-electron chi connectivity index (χ2n) is 4.79. The number of thiophene rings is 1. The lowest BCUT2D eigenvalue weighted by Crippen LogP contribution is -2.18. The summed E-state index contributed by atoms with van der Waals surface area (Å²) >= 11 is 1.78. The largest absolute Gasteiger partial charge is 0.397 e. The summed E-state index contributed by atoms with van der Waals surface area (Å²) in [5.74, 6) is 0. The molecule has 1 unspecified atom stereocenters. The summed E-state index contributed by atoms with van der Waals surface area (Å²) < 4.78 is 0. The average molecular weight is 291 g/mol. The highest BCUT2D eigenvalue weighted by atomic mass is 32.1. The molecule has 5 nitrogen and oxygen atoms in total. The van der Waals surface area contributed by atoms with E-state index in [1.54, 1.807) is 17.4 Å². The van der Waals surface area contributed by atoms with E-state index in [2.05, 4.69) is 31.3 Å². The highest BCUT2D eigenvalue weighted by Crippen LogP contribution is 2.25. The fraction of sp³-hybridized carbons (Fsp3) is 0.286.